The molecular weight excluding hydrogens is 426 g/mol. The van der Waals surface area contributed by atoms with E-state index in [1.807, 2.05) is 6.07 Å². The topological polar surface area (TPSA) is 88.5 Å². The molecule has 0 atom stereocenters. The number of amides is 1. The zero-order valence-electron chi connectivity index (χ0n) is 17.3. The molecule has 0 saturated carbocycles. The van der Waals surface area contributed by atoms with Crippen LogP contribution in [0.15, 0.2) is 101 Å². The van der Waals surface area contributed by atoms with Gasteiger partial charge in [0.1, 0.15) is 6.54 Å². The summed E-state index contributed by atoms with van der Waals surface area (Å²) in [5.41, 5.74) is 1.43. The van der Waals surface area contributed by atoms with Gasteiger partial charge in [-0.05, 0) is 42.5 Å². The van der Waals surface area contributed by atoms with E-state index in [0.29, 0.717) is 22.3 Å². The number of sulfonamides is 1. The van der Waals surface area contributed by atoms with Crippen molar-refractivity contribution in [3.63, 3.8) is 0 Å². The summed E-state index contributed by atoms with van der Waals surface area (Å²) < 4.78 is 28.9. The van der Waals surface area contributed by atoms with Gasteiger partial charge in [0, 0.05) is 30.4 Å². The lowest BCUT2D eigenvalue weighted by atomic mass is 10.2. The Balaban J connectivity index is 1.55. The lowest BCUT2D eigenvalue weighted by molar-refractivity contribution is -0.116. The van der Waals surface area contributed by atoms with Crippen LogP contribution in [0, 0.1) is 0 Å². The van der Waals surface area contributed by atoms with E-state index < -0.39 is 10.0 Å². The fraction of sp³-hybridized carbons (Fsp3) is 0.0833. The van der Waals surface area contributed by atoms with E-state index in [-0.39, 0.29) is 22.8 Å². The van der Waals surface area contributed by atoms with Gasteiger partial charge >= 0.3 is 0 Å². The van der Waals surface area contributed by atoms with Crippen LogP contribution in [0.4, 0.5) is 11.4 Å². The lowest BCUT2D eigenvalue weighted by Gasteiger charge is -2.20. The minimum absolute atomic E-state index is 0.0261. The first-order chi connectivity index (χ1) is 15.4. The second-order valence-corrected chi connectivity index (χ2v) is 9.18. The minimum atomic E-state index is -3.80. The Labute approximate surface area is 185 Å². The van der Waals surface area contributed by atoms with Gasteiger partial charge in [-0.2, -0.15) is 0 Å². The molecule has 1 heterocycles. The highest BCUT2D eigenvalue weighted by Crippen LogP contribution is 2.23. The highest BCUT2D eigenvalue weighted by atomic mass is 32.2. The van der Waals surface area contributed by atoms with Gasteiger partial charge in [-0.1, -0.05) is 36.4 Å². The normalized spacial score (nSPS) is 11.3. The number of carbonyl (C=O) groups is 1. The third kappa shape index (κ3) is 4.26. The third-order valence-corrected chi connectivity index (χ3v) is 6.88. The second kappa shape index (κ2) is 8.68. The van der Waals surface area contributed by atoms with Crippen molar-refractivity contribution in [3.05, 3.63) is 101 Å². The van der Waals surface area contributed by atoms with E-state index in [4.69, 9.17) is 0 Å². The van der Waals surface area contributed by atoms with Crippen LogP contribution in [0.1, 0.15) is 0 Å². The number of nitrogens with zero attached hydrogens (tertiary/aromatic N) is 2. The number of hydrogen-bond donors (Lipinski definition) is 1. The lowest BCUT2D eigenvalue weighted by Crippen LogP contribution is -2.26. The molecule has 0 saturated heterocycles. The molecule has 8 heteroatoms. The molecule has 162 valence electrons. The van der Waals surface area contributed by atoms with Crippen molar-refractivity contribution in [3.8, 4) is 0 Å². The summed E-state index contributed by atoms with van der Waals surface area (Å²) in [6, 6.07) is 23.3. The van der Waals surface area contributed by atoms with Crippen LogP contribution in [0.25, 0.3) is 10.9 Å². The number of anilines is 2. The number of para-hydroxylation sites is 2. The molecule has 1 amide bonds. The molecule has 1 N–H and O–H groups in total. The Morgan fingerprint density at radius 1 is 0.938 bits per heavy atom. The molecule has 4 aromatic rings. The van der Waals surface area contributed by atoms with Gasteiger partial charge in [-0.15, -0.1) is 0 Å². The van der Waals surface area contributed by atoms with Gasteiger partial charge in [0.15, 0.2) is 5.43 Å². The smallest absolute Gasteiger partial charge is 0.264 e. The Morgan fingerprint density at radius 2 is 1.66 bits per heavy atom. The highest BCUT2D eigenvalue weighted by molar-refractivity contribution is 7.92. The van der Waals surface area contributed by atoms with Gasteiger partial charge in [0.25, 0.3) is 10.0 Å². The van der Waals surface area contributed by atoms with Crippen molar-refractivity contribution in [1.29, 1.82) is 0 Å². The summed E-state index contributed by atoms with van der Waals surface area (Å²) in [5, 5.41) is 3.27. The molecule has 0 aliphatic rings. The number of fused-ring (bicyclic) bond motifs is 1. The first-order valence-electron chi connectivity index (χ1n) is 9.88. The number of aromatic nitrogens is 1. The molecule has 4 rings (SSSR count). The third-order valence-electron chi connectivity index (χ3n) is 5.09. The molecule has 3 aromatic carbocycles. The Kier molecular flexibility index (Phi) is 5.79. The summed E-state index contributed by atoms with van der Waals surface area (Å²) in [6.07, 6.45) is 1.57. The fourth-order valence-electron chi connectivity index (χ4n) is 3.42. The minimum Gasteiger partial charge on any atom is -0.338 e. The molecule has 0 radical (unpaired) electrons. The standard InChI is InChI=1S/C24H21N3O4S/c1-26(19-9-3-2-4-10-19)32(30,31)20-11-7-8-18(16-20)25-24(29)17-27-15-14-23(28)21-12-5-6-13-22(21)27/h2-16H,17H2,1H3,(H,25,29). The Hall–Kier alpha value is -3.91. The summed E-state index contributed by atoms with van der Waals surface area (Å²) in [4.78, 5) is 24.7. The van der Waals surface area contributed by atoms with E-state index in [1.165, 1.54) is 29.6 Å². The molecule has 0 bridgehead atoms. The quantitative estimate of drug-likeness (QED) is 0.490. The predicted molar refractivity (Wildman–Crippen MR) is 125 cm³/mol. The van der Waals surface area contributed by atoms with Crippen LogP contribution in [-0.4, -0.2) is 25.9 Å². The van der Waals surface area contributed by atoms with Crippen LogP contribution in [0.2, 0.25) is 0 Å². The number of carbonyl (C=O) groups excluding carboxylic acids is 1. The van der Waals surface area contributed by atoms with Gasteiger partial charge in [-0.3, -0.25) is 13.9 Å². The zero-order valence-corrected chi connectivity index (χ0v) is 18.1. The maximum Gasteiger partial charge on any atom is 0.264 e. The molecule has 0 aliphatic carbocycles. The van der Waals surface area contributed by atoms with Crippen LogP contribution in [-0.2, 0) is 21.4 Å². The van der Waals surface area contributed by atoms with Gasteiger partial charge in [0.05, 0.1) is 16.1 Å². The van der Waals surface area contributed by atoms with E-state index in [1.54, 1.807) is 71.4 Å². The average molecular weight is 448 g/mol. The van der Waals surface area contributed by atoms with Crippen LogP contribution in [0.5, 0.6) is 0 Å². The predicted octanol–water partition coefficient (Wildman–Crippen LogP) is 3.47. The highest BCUT2D eigenvalue weighted by Gasteiger charge is 2.21. The van der Waals surface area contributed by atoms with Crippen molar-refractivity contribution in [1.82, 2.24) is 4.57 Å². The monoisotopic (exact) mass is 447 g/mol. The summed E-state index contributed by atoms with van der Waals surface area (Å²) >= 11 is 0. The van der Waals surface area contributed by atoms with E-state index in [2.05, 4.69) is 5.32 Å². The van der Waals surface area contributed by atoms with Crippen molar-refractivity contribution < 1.29 is 13.2 Å². The largest absolute Gasteiger partial charge is 0.338 e. The number of nitrogens with one attached hydrogen (secondary N) is 1. The SMILES string of the molecule is CN(c1ccccc1)S(=O)(=O)c1cccc(NC(=O)Cn2ccc(=O)c3ccccc32)c1. The maximum atomic E-state index is 13.0. The zero-order chi connectivity index (χ0) is 22.7. The molecule has 0 spiro atoms. The summed E-state index contributed by atoms with van der Waals surface area (Å²) in [5.74, 6) is -0.343. The van der Waals surface area contributed by atoms with Crippen LogP contribution in [0.3, 0.4) is 0 Å². The molecular formula is C24H21N3O4S. The van der Waals surface area contributed by atoms with E-state index in [0.717, 1.165) is 0 Å². The Bertz CT molecular complexity index is 1450. The number of pyridine rings is 1. The average Bonchev–Trinajstić information content (AvgIpc) is 2.81. The van der Waals surface area contributed by atoms with Gasteiger partial charge < -0.3 is 9.88 Å². The molecule has 0 aliphatic heterocycles. The summed E-state index contributed by atoms with van der Waals surface area (Å²) in [6.45, 7) is -0.0261. The van der Waals surface area contributed by atoms with Crippen molar-refractivity contribution in [2.45, 2.75) is 11.4 Å². The van der Waals surface area contributed by atoms with Gasteiger partial charge in [0.2, 0.25) is 5.91 Å². The summed E-state index contributed by atoms with van der Waals surface area (Å²) in [7, 11) is -2.32. The van der Waals surface area contributed by atoms with E-state index in [9.17, 15) is 18.0 Å². The first kappa shape index (κ1) is 21.3. The Morgan fingerprint density at radius 3 is 2.44 bits per heavy atom. The maximum absolute atomic E-state index is 13.0. The second-order valence-electron chi connectivity index (χ2n) is 7.21. The van der Waals surface area contributed by atoms with E-state index >= 15 is 0 Å². The number of rotatable bonds is 6. The molecule has 7 nitrogen and oxygen atoms in total. The first-order valence-corrected chi connectivity index (χ1v) is 11.3. The van der Waals surface area contributed by atoms with Crippen molar-refractivity contribution in [2.75, 3.05) is 16.7 Å². The molecule has 0 unspecified atom stereocenters. The molecule has 32 heavy (non-hydrogen) atoms. The van der Waals surface area contributed by atoms with Crippen molar-refractivity contribution in [2.24, 2.45) is 0 Å². The van der Waals surface area contributed by atoms with Crippen LogP contribution < -0.4 is 15.1 Å². The van der Waals surface area contributed by atoms with Crippen LogP contribution >= 0.6 is 0 Å². The molecule has 1 aromatic heterocycles. The molecule has 0 fully saturated rings. The number of benzene rings is 3. The fourth-order valence-corrected chi connectivity index (χ4v) is 4.66. The van der Waals surface area contributed by atoms with Crippen molar-refractivity contribution >= 4 is 38.2 Å². The number of hydrogen-bond acceptors (Lipinski definition) is 4. The van der Waals surface area contributed by atoms with Gasteiger partial charge in [-0.25, -0.2) is 8.42 Å².